The molecular weight excluding hydrogens is 150 g/mol. The van der Waals surface area contributed by atoms with Crippen LogP contribution in [0.4, 0.5) is 0 Å². The highest BCUT2D eigenvalue weighted by molar-refractivity contribution is 4.82. The van der Waals surface area contributed by atoms with Gasteiger partial charge in [-0.15, -0.1) is 0 Å². The van der Waals surface area contributed by atoms with Crippen LogP contribution in [0.1, 0.15) is 33.1 Å². The van der Waals surface area contributed by atoms with Crippen LogP contribution in [0, 0.1) is 5.41 Å². The number of rotatable bonds is 4. The molecule has 0 bridgehead atoms. The molecule has 1 fully saturated rings. The Morgan fingerprint density at radius 3 is 2.75 bits per heavy atom. The summed E-state index contributed by atoms with van der Waals surface area (Å²) in [5.41, 5.74) is 0.439. The molecule has 1 aliphatic heterocycles. The Morgan fingerprint density at radius 2 is 2.25 bits per heavy atom. The summed E-state index contributed by atoms with van der Waals surface area (Å²) < 4.78 is 5.53. The summed E-state index contributed by atoms with van der Waals surface area (Å²) in [7, 11) is 0. The third kappa shape index (κ3) is 2.46. The van der Waals surface area contributed by atoms with E-state index < -0.39 is 0 Å². The highest BCUT2D eigenvalue weighted by atomic mass is 16.5. The summed E-state index contributed by atoms with van der Waals surface area (Å²) in [5.74, 6) is 0. The number of nitrogens with one attached hydrogen (secondary N) is 1. The quantitative estimate of drug-likeness (QED) is 0.696. The minimum absolute atomic E-state index is 0.439. The van der Waals surface area contributed by atoms with Crippen LogP contribution in [0.5, 0.6) is 0 Å². The number of ether oxygens (including phenoxy) is 1. The molecule has 72 valence electrons. The zero-order valence-electron chi connectivity index (χ0n) is 8.36. The molecule has 1 rings (SSSR count). The van der Waals surface area contributed by atoms with Crippen molar-refractivity contribution in [1.29, 1.82) is 0 Å². The first kappa shape index (κ1) is 10.0. The van der Waals surface area contributed by atoms with E-state index in [1.54, 1.807) is 0 Å². The first-order chi connectivity index (χ1) is 5.83. The molecule has 1 unspecified atom stereocenters. The molecule has 1 atom stereocenters. The van der Waals surface area contributed by atoms with Gasteiger partial charge in [0, 0.05) is 18.6 Å². The normalized spacial score (nSPS) is 30.5. The summed E-state index contributed by atoms with van der Waals surface area (Å²) in [6.07, 6.45) is 3.80. The lowest BCUT2D eigenvalue weighted by molar-refractivity contribution is -0.00912. The molecular formula is C10H21NO. The summed E-state index contributed by atoms with van der Waals surface area (Å²) >= 11 is 0. The van der Waals surface area contributed by atoms with Crippen molar-refractivity contribution in [2.45, 2.75) is 33.1 Å². The third-order valence-corrected chi connectivity index (χ3v) is 2.90. The highest BCUT2D eigenvalue weighted by Gasteiger charge is 2.30. The predicted octanol–water partition coefficient (Wildman–Crippen LogP) is 1.80. The van der Waals surface area contributed by atoms with Crippen LogP contribution >= 0.6 is 0 Å². The van der Waals surface area contributed by atoms with Crippen molar-refractivity contribution in [3.8, 4) is 0 Å². The van der Waals surface area contributed by atoms with Crippen LogP contribution in [0.15, 0.2) is 0 Å². The Bertz CT molecular complexity index is 119. The molecule has 1 N–H and O–H groups in total. The molecule has 0 saturated carbocycles. The molecule has 1 aliphatic rings. The fraction of sp³-hybridized carbons (Fsp3) is 1.00. The molecule has 0 amide bonds. The number of hydrogen-bond donors (Lipinski definition) is 1. The van der Waals surface area contributed by atoms with Crippen molar-refractivity contribution in [2.24, 2.45) is 5.41 Å². The molecule has 0 aromatic heterocycles. The molecule has 1 heterocycles. The molecule has 0 aliphatic carbocycles. The van der Waals surface area contributed by atoms with Crippen LogP contribution in [0.25, 0.3) is 0 Å². The molecule has 0 radical (unpaired) electrons. The minimum Gasteiger partial charge on any atom is -0.381 e. The molecule has 2 heteroatoms. The minimum atomic E-state index is 0.439. The SMILES string of the molecule is CCNCC1(CC)CCCOC1. The van der Waals surface area contributed by atoms with E-state index in [9.17, 15) is 0 Å². The van der Waals surface area contributed by atoms with E-state index >= 15 is 0 Å². The molecule has 0 aromatic rings. The lowest BCUT2D eigenvalue weighted by Crippen LogP contribution is -2.40. The predicted molar refractivity (Wildman–Crippen MR) is 51.3 cm³/mol. The second kappa shape index (κ2) is 4.83. The maximum Gasteiger partial charge on any atom is 0.0534 e. The first-order valence-corrected chi connectivity index (χ1v) is 5.11. The average Bonchev–Trinajstić information content (AvgIpc) is 2.16. The van der Waals surface area contributed by atoms with Gasteiger partial charge in [-0.1, -0.05) is 13.8 Å². The van der Waals surface area contributed by atoms with Crippen molar-refractivity contribution in [3.05, 3.63) is 0 Å². The van der Waals surface area contributed by atoms with Gasteiger partial charge in [0.15, 0.2) is 0 Å². The Balaban J connectivity index is 2.37. The van der Waals surface area contributed by atoms with Gasteiger partial charge in [-0.25, -0.2) is 0 Å². The van der Waals surface area contributed by atoms with Gasteiger partial charge in [0.2, 0.25) is 0 Å². The second-order valence-electron chi connectivity index (χ2n) is 3.79. The summed E-state index contributed by atoms with van der Waals surface area (Å²) in [6, 6.07) is 0. The molecule has 12 heavy (non-hydrogen) atoms. The van der Waals surface area contributed by atoms with E-state index in [1.807, 2.05) is 0 Å². The van der Waals surface area contributed by atoms with E-state index in [2.05, 4.69) is 19.2 Å². The average molecular weight is 171 g/mol. The topological polar surface area (TPSA) is 21.3 Å². The zero-order valence-corrected chi connectivity index (χ0v) is 8.36. The Kier molecular flexibility index (Phi) is 4.02. The summed E-state index contributed by atoms with van der Waals surface area (Å²) in [5, 5.41) is 3.43. The van der Waals surface area contributed by atoms with Crippen molar-refractivity contribution >= 4 is 0 Å². The molecule has 1 saturated heterocycles. The van der Waals surface area contributed by atoms with Gasteiger partial charge in [0.25, 0.3) is 0 Å². The lowest BCUT2D eigenvalue weighted by Gasteiger charge is -2.36. The Labute approximate surface area is 75.7 Å². The van der Waals surface area contributed by atoms with Gasteiger partial charge in [-0.05, 0) is 25.8 Å². The van der Waals surface area contributed by atoms with Crippen molar-refractivity contribution in [2.75, 3.05) is 26.3 Å². The van der Waals surface area contributed by atoms with Gasteiger partial charge in [0.05, 0.1) is 6.61 Å². The maximum atomic E-state index is 5.53. The number of hydrogen-bond acceptors (Lipinski definition) is 2. The van der Waals surface area contributed by atoms with Gasteiger partial charge < -0.3 is 10.1 Å². The van der Waals surface area contributed by atoms with Crippen molar-refractivity contribution in [3.63, 3.8) is 0 Å². The molecule has 0 spiro atoms. The smallest absolute Gasteiger partial charge is 0.0534 e. The van der Waals surface area contributed by atoms with E-state index in [4.69, 9.17) is 4.74 Å². The molecule has 0 aromatic carbocycles. The summed E-state index contributed by atoms with van der Waals surface area (Å²) in [6.45, 7) is 8.55. The zero-order chi connectivity index (χ0) is 8.86. The van der Waals surface area contributed by atoms with Crippen molar-refractivity contribution < 1.29 is 4.74 Å². The van der Waals surface area contributed by atoms with E-state index in [1.165, 1.54) is 19.3 Å². The fourth-order valence-corrected chi connectivity index (χ4v) is 1.84. The van der Waals surface area contributed by atoms with Gasteiger partial charge >= 0.3 is 0 Å². The monoisotopic (exact) mass is 171 g/mol. The second-order valence-corrected chi connectivity index (χ2v) is 3.79. The fourth-order valence-electron chi connectivity index (χ4n) is 1.84. The van der Waals surface area contributed by atoms with E-state index in [0.717, 1.165) is 26.3 Å². The standard InChI is InChI=1S/C10H21NO/c1-3-10(8-11-4-2)6-5-7-12-9-10/h11H,3-9H2,1-2H3. The van der Waals surface area contributed by atoms with Crippen LogP contribution < -0.4 is 5.32 Å². The van der Waals surface area contributed by atoms with E-state index in [0.29, 0.717) is 5.41 Å². The first-order valence-electron chi connectivity index (χ1n) is 5.11. The highest BCUT2D eigenvalue weighted by Crippen LogP contribution is 2.31. The van der Waals surface area contributed by atoms with Gasteiger partial charge in [0.1, 0.15) is 0 Å². The Morgan fingerprint density at radius 1 is 1.42 bits per heavy atom. The maximum absolute atomic E-state index is 5.53. The van der Waals surface area contributed by atoms with Crippen LogP contribution in [0.3, 0.4) is 0 Å². The lowest BCUT2D eigenvalue weighted by atomic mass is 9.80. The Hall–Kier alpha value is -0.0800. The van der Waals surface area contributed by atoms with E-state index in [-0.39, 0.29) is 0 Å². The molecule has 2 nitrogen and oxygen atoms in total. The van der Waals surface area contributed by atoms with Gasteiger partial charge in [-0.2, -0.15) is 0 Å². The third-order valence-electron chi connectivity index (χ3n) is 2.90. The van der Waals surface area contributed by atoms with Crippen LogP contribution in [0.2, 0.25) is 0 Å². The van der Waals surface area contributed by atoms with Gasteiger partial charge in [-0.3, -0.25) is 0 Å². The van der Waals surface area contributed by atoms with Crippen molar-refractivity contribution in [1.82, 2.24) is 5.32 Å². The van der Waals surface area contributed by atoms with Crippen LogP contribution in [-0.2, 0) is 4.74 Å². The van der Waals surface area contributed by atoms with Crippen LogP contribution in [-0.4, -0.2) is 26.3 Å². The largest absolute Gasteiger partial charge is 0.381 e. The summed E-state index contributed by atoms with van der Waals surface area (Å²) in [4.78, 5) is 0.